The van der Waals surface area contributed by atoms with Crippen LogP contribution in [0, 0.1) is 0 Å². The summed E-state index contributed by atoms with van der Waals surface area (Å²) in [5, 5.41) is 12.0. The summed E-state index contributed by atoms with van der Waals surface area (Å²) < 4.78 is 2.01. The second kappa shape index (κ2) is 6.50. The predicted molar refractivity (Wildman–Crippen MR) is 88.2 cm³/mol. The van der Waals surface area contributed by atoms with Crippen molar-refractivity contribution in [3.8, 4) is 0 Å². The molecule has 6 nitrogen and oxygen atoms in total. The van der Waals surface area contributed by atoms with E-state index in [9.17, 15) is 4.79 Å². The number of carbonyl (C=O) groups excluding carboxylic acids is 1. The topological polar surface area (TPSA) is 78.7 Å². The van der Waals surface area contributed by atoms with E-state index in [4.69, 9.17) is 5.21 Å². The number of carbonyl (C=O) groups is 1. The lowest BCUT2D eigenvalue weighted by Crippen LogP contribution is -2.18. The standard InChI is InChI=1S/C17H18N4O2/c1-2-5-14-16(21-11-4-3-6-15(21)19-14)18-13-9-7-12(8-10-13)17(22)20-23/h3-4,6-11,18,23H,2,5H2,1H3,(H,20,22). The van der Waals surface area contributed by atoms with Crippen molar-refractivity contribution in [2.45, 2.75) is 19.8 Å². The molecule has 0 atom stereocenters. The van der Waals surface area contributed by atoms with Crippen molar-refractivity contribution in [2.75, 3.05) is 5.32 Å². The van der Waals surface area contributed by atoms with E-state index in [2.05, 4.69) is 17.2 Å². The number of rotatable bonds is 5. The van der Waals surface area contributed by atoms with Gasteiger partial charge in [-0.1, -0.05) is 19.4 Å². The van der Waals surface area contributed by atoms with Gasteiger partial charge in [-0.05, 0) is 42.8 Å². The molecule has 23 heavy (non-hydrogen) atoms. The van der Waals surface area contributed by atoms with Gasteiger partial charge < -0.3 is 5.32 Å². The number of nitrogens with zero attached hydrogens (tertiary/aromatic N) is 2. The van der Waals surface area contributed by atoms with Gasteiger partial charge >= 0.3 is 0 Å². The van der Waals surface area contributed by atoms with Gasteiger partial charge in [0.25, 0.3) is 5.91 Å². The number of anilines is 2. The molecule has 3 aromatic rings. The summed E-state index contributed by atoms with van der Waals surface area (Å²) in [6, 6.07) is 12.8. The van der Waals surface area contributed by atoms with Crippen molar-refractivity contribution in [1.29, 1.82) is 0 Å². The van der Waals surface area contributed by atoms with Gasteiger partial charge in [0.15, 0.2) is 0 Å². The second-order valence-electron chi connectivity index (χ2n) is 5.23. The first-order valence-corrected chi connectivity index (χ1v) is 7.50. The van der Waals surface area contributed by atoms with Gasteiger partial charge in [-0.3, -0.25) is 14.4 Å². The van der Waals surface area contributed by atoms with Crippen LogP contribution in [0.3, 0.4) is 0 Å². The van der Waals surface area contributed by atoms with Crippen molar-refractivity contribution in [3.05, 3.63) is 59.9 Å². The number of benzene rings is 1. The average Bonchev–Trinajstić information content (AvgIpc) is 2.93. The van der Waals surface area contributed by atoms with Crippen LogP contribution in [0.2, 0.25) is 0 Å². The fraction of sp³-hybridized carbons (Fsp3) is 0.176. The maximum atomic E-state index is 11.4. The van der Waals surface area contributed by atoms with Crippen LogP contribution in [0.4, 0.5) is 11.5 Å². The number of hydroxylamine groups is 1. The largest absolute Gasteiger partial charge is 0.340 e. The van der Waals surface area contributed by atoms with E-state index < -0.39 is 5.91 Å². The summed E-state index contributed by atoms with van der Waals surface area (Å²) in [6.45, 7) is 2.12. The Bertz CT molecular complexity index is 824. The number of hydrogen-bond acceptors (Lipinski definition) is 4. The van der Waals surface area contributed by atoms with Gasteiger partial charge in [0, 0.05) is 17.4 Å². The Morgan fingerprint density at radius 2 is 2.00 bits per heavy atom. The molecule has 6 heteroatoms. The smallest absolute Gasteiger partial charge is 0.274 e. The van der Waals surface area contributed by atoms with Crippen molar-refractivity contribution in [1.82, 2.24) is 14.9 Å². The molecule has 118 valence electrons. The molecule has 0 saturated heterocycles. The van der Waals surface area contributed by atoms with Crippen LogP contribution >= 0.6 is 0 Å². The lowest BCUT2D eigenvalue weighted by atomic mass is 10.2. The lowest BCUT2D eigenvalue weighted by Gasteiger charge is -2.09. The molecular weight excluding hydrogens is 292 g/mol. The van der Waals surface area contributed by atoms with Crippen LogP contribution in [0.25, 0.3) is 5.65 Å². The second-order valence-corrected chi connectivity index (χ2v) is 5.23. The van der Waals surface area contributed by atoms with Gasteiger partial charge in [0.1, 0.15) is 11.5 Å². The quantitative estimate of drug-likeness (QED) is 0.499. The number of pyridine rings is 1. The first-order valence-electron chi connectivity index (χ1n) is 7.50. The van der Waals surface area contributed by atoms with Crippen molar-refractivity contribution in [3.63, 3.8) is 0 Å². The van der Waals surface area contributed by atoms with Crippen molar-refractivity contribution >= 4 is 23.1 Å². The van der Waals surface area contributed by atoms with E-state index in [0.29, 0.717) is 5.56 Å². The Morgan fingerprint density at radius 1 is 1.22 bits per heavy atom. The number of fused-ring (bicyclic) bond motifs is 1. The maximum Gasteiger partial charge on any atom is 0.274 e. The van der Waals surface area contributed by atoms with Crippen LogP contribution < -0.4 is 10.8 Å². The Morgan fingerprint density at radius 3 is 2.70 bits per heavy atom. The first kappa shape index (κ1) is 15.1. The average molecular weight is 310 g/mol. The SMILES string of the molecule is CCCc1nc2ccccn2c1Nc1ccc(C(=O)NO)cc1. The number of nitrogens with one attached hydrogen (secondary N) is 2. The van der Waals surface area contributed by atoms with Crippen LogP contribution in [-0.4, -0.2) is 20.5 Å². The van der Waals surface area contributed by atoms with E-state index in [1.165, 1.54) is 0 Å². The van der Waals surface area contributed by atoms with E-state index in [-0.39, 0.29) is 0 Å². The van der Waals surface area contributed by atoms with Gasteiger partial charge in [0.2, 0.25) is 0 Å². The van der Waals surface area contributed by atoms with Gasteiger partial charge in [-0.25, -0.2) is 10.5 Å². The van der Waals surface area contributed by atoms with Crippen molar-refractivity contribution in [2.24, 2.45) is 0 Å². The number of aromatic nitrogens is 2. The third-order valence-electron chi connectivity index (χ3n) is 3.60. The third-order valence-corrected chi connectivity index (χ3v) is 3.60. The number of amides is 1. The third kappa shape index (κ3) is 3.02. The molecule has 0 aliphatic rings. The fourth-order valence-electron chi connectivity index (χ4n) is 2.49. The molecule has 0 spiro atoms. The molecule has 0 radical (unpaired) electrons. The molecule has 1 amide bonds. The highest BCUT2D eigenvalue weighted by atomic mass is 16.5. The molecule has 0 bridgehead atoms. The number of imidazole rings is 1. The molecule has 0 aliphatic heterocycles. The predicted octanol–water partition coefficient (Wildman–Crippen LogP) is 3.15. The molecule has 3 N–H and O–H groups in total. The molecule has 2 aromatic heterocycles. The zero-order chi connectivity index (χ0) is 16.2. The zero-order valence-electron chi connectivity index (χ0n) is 12.8. The van der Waals surface area contributed by atoms with Crippen LogP contribution in [0.1, 0.15) is 29.4 Å². The van der Waals surface area contributed by atoms with Crippen LogP contribution in [0.5, 0.6) is 0 Å². The normalized spacial score (nSPS) is 10.7. The molecular formula is C17H18N4O2. The monoisotopic (exact) mass is 310 g/mol. The molecule has 0 unspecified atom stereocenters. The minimum Gasteiger partial charge on any atom is -0.340 e. The Labute approximate surface area is 133 Å². The zero-order valence-corrected chi connectivity index (χ0v) is 12.8. The summed E-state index contributed by atoms with van der Waals surface area (Å²) in [7, 11) is 0. The summed E-state index contributed by atoms with van der Waals surface area (Å²) in [5.74, 6) is 0.403. The molecule has 0 aliphatic carbocycles. The molecule has 0 fully saturated rings. The Hall–Kier alpha value is -2.86. The molecule has 0 saturated carbocycles. The van der Waals surface area contributed by atoms with Crippen LogP contribution in [0.15, 0.2) is 48.7 Å². The number of hydrogen-bond donors (Lipinski definition) is 3. The van der Waals surface area contributed by atoms with Gasteiger partial charge in [-0.2, -0.15) is 0 Å². The Balaban J connectivity index is 1.94. The van der Waals surface area contributed by atoms with E-state index in [1.54, 1.807) is 29.7 Å². The van der Waals surface area contributed by atoms with Crippen LogP contribution in [-0.2, 0) is 6.42 Å². The highest BCUT2D eigenvalue weighted by Crippen LogP contribution is 2.24. The molecule has 3 rings (SSSR count). The summed E-state index contributed by atoms with van der Waals surface area (Å²) in [6.07, 6.45) is 3.86. The first-order chi connectivity index (χ1) is 11.2. The van der Waals surface area contributed by atoms with E-state index in [1.807, 2.05) is 28.8 Å². The van der Waals surface area contributed by atoms with Gasteiger partial charge in [-0.15, -0.1) is 0 Å². The summed E-state index contributed by atoms with van der Waals surface area (Å²) >= 11 is 0. The summed E-state index contributed by atoms with van der Waals surface area (Å²) in [4.78, 5) is 16.0. The fourth-order valence-corrected chi connectivity index (χ4v) is 2.49. The minimum absolute atomic E-state index is 0.393. The maximum absolute atomic E-state index is 11.4. The van der Waals surface area contributed by atoms with Gasteiger partial charge in [0.05, 0.1) is 5.69 Å². The Kier molecular flexibility index (Phi) is 4.25. The van der Waals surface area contributed by atoms with E-state index in [0.717, 1.165) is 35.7 Å². The summed E-state index contributed by atoms with van der Waals surface area (Å²) in [5.41, 5.74) is 4.77. The molecule has 1 aromatic carbocycles. The van der Waals surface area contributed by atoms with Crippen molar-refractivity contribution < 1.29 is 10.0 Å². The lowest BCUT2D eigenvalue weighted by molar-refractivity contribution is 0.0706. The molecule has 2 heterocycles. The minimum atomic E-state index is -0.530. The highest BCUT2D eigenvalue weighted by Gasteiger charge is 2.11. The highest BCUT2D eigenvalue weighted by molar-refractivity contribution is 5.93. The number of aryl methyl sites for hydroxylation is 1. The van der Waals surface area contributed by atoms with E-state index >= 15 is 0 Å².